The second-order valence-corrected chi connectivity index (χ2v) is 3.92. The summed E-state index contributed by atoms with van der Waals surface area (Å²) < 4.78 is 10.1. The highest BCUT2D eigenvalue weighted by molar-refractivity contribution is 6.67. The molecule has 0 saturated carbocycles. The Hall–Kier alpha value is -2.34. The summed E-state index contributed by atoms with van der Waals surface area (Å²) in [6.45, 7) is 0. The second kappa shape index (κ2) is 5.11. The predicted octanol–water partition coefficient (Wildman–Crippen LogP) is 3.24. The van der Waals surface area contributed by atoms with Crippen LogP contribution in [0.2, 0.25) is 0 Å². The Balaban J connectivity index is 2.47. The average Bonchev–Trinajstić information content (AvgIpc) is 2.87. The van der Waals surface area contributed by atoms with Gasteiger partial charge in [0.15, 0.2) is 11.5 Å². The maximum atomic E-state index is 10.9. The van der Waals surface area contributed by atoms with Crippen molar-refractivity contribution in [3.05, 3.63) is 46.2 Å². The van der Waals surface area contributed by atoms with Gasteiger partial charge in [-0.1, -0.05) is 0 Å². The first-order valence-corrected chi connectivity index (χ1v) is 5.53. The molecule has 6 nitrogen and oxygen atoms in total. The van der Waals surface area contributed by atoms with Gasteiger partial charge >= 0.3 is 5.69 Å². The number of ether oxygens (including phenoxy) is 1. The monoisotopic (exact) mass is 281 g/mol. The van der Waals surface area contributed by atoms with Gasteiger partial charge in [0.2, 0.25) is 0 Å². The third-order valence-electron chi connectivity index (χ3n) is 2.46. The number of hydrogen-bond acceptors (Lipinski definition) is 5. The van der Waals surface area contributed by atoms with Crippen LogP contribution in [0.3, 0.4) is 0 Å². The number of nitro groups is 1. The summed E-state index contributed by atoms with van der Waals surface area (Å²) in [6, 6.07) is 7.27. The molecule has 2 aromatic rings. The second-order valence-electron chi connectivity index (χ2n) is 3.58. The largest absolute Gasteiger partial charge is 0.490 e. The standard InChI is InChI=1S/C12H8ClNO5/c1-18-10-3-2-7(6-8(10)14(16)17)9-4-5-11(19-9)12(13)15/h2-6H,1H3. The van der Waals surface area contributed by atoms with E-state index in [2.05, 4.69) is 0 Å². The number of carbonyl (C=O) groups excluding carboxylic acids is 1. The molecule has 0 fully saturated rings. The van der Waals surface area contributed by atoms with Crippen LogP contribution >= 0.6 is 11.6 Å². The lowest BCUT2D eigenvalue weighted by Gasteiger charge is -2.03. The maximum absolute atomic E-state index is 10.9. The molecule has 1 aromatic heterocycles. The fraction of sp³-hybridized carbons (Fsp3) is 0.0833. The first kappa shape index (κ1) is 13.1. The summed E-state index contributed by atoms with van der Waals surface area (Å²) in [7, 11) is 1.35. The Morgan fingerprint density at radius 3 is 2.63 bits per heavy atom. The van der Waals surface area contributed by atoms with E-state index in [1.165, 1.54) is 31.4 Å². The normalized spacial score (nSPS) is 10.2. The lowest BCUT2D eigenvalue weighted by molar-refractivity contribution is -0.385. The summed E-state index contributed by atoms with van der Waals surface area (Å²) in [5, 5.41) is 10.2. The molecule has 0 bridgehead atoms. The number of benzene rings is 1. The van der Waals surface area contributed by atoms with Crippen molar-refractivity contribution < 1.29 is 18.9 Å². The number of halogens is 1. The Kier molecular flexibility index (Phi) is 3.52. The molecule has 0 amide bonds. The van der Waals surface area contributed by atoms with E-state index >= 15 is 0 Å². The van der Waals surface area contributed by atoms with Gasteiger partial charge in [0.1, 0.15) is 5.76 Å². The Labute approximate surface area is 112 Å². The summed E-state index contributed by atoms with van der Waals surface area (Å²) in [6.07, 6.45) is 0. The lowest BCUT2D eigenvalue weighted by Crippen LogP contribution is -1.93. The molecule has 0 aliphatic heterocycles. The fourth-order valence-electron chi connectivity index (χ4n) is 1.58. The van der Waals surface area contributed by atoms with E-state index in [0.29, 0.717) is 11.3 Å². The van der Waals surface area contributed by atoms with Crippen LogP contribution in [0.25, 0.3) is 11.3 Å². The SMILES string of the molecule is COc1ccc(-c2ccc(C(=O)Cl)o2)cc1[N+](=O)[O-]. The Morgan fingerprint density at radius 1 is 1.37 bits per heavy atom. The van der Waals surface area contributed by atoms with Crippen LogP contribution < -0.4 is 4.74 Å². The number of furan rings is 1. The molecule has 1 aromatic carbocycles. The number of hydrogen-bond donors (Lipinski definition) is 0. The van der Waals surface area contributed by atoms with Gasteiger partial charge in [0, 0.05) is 11.6 Å². The highest BCUT2D eigenvalue weighted by Crippen LogP contribution is 2.32. The van der Waals surface area contributed by atoms with E-state index in [9.17, 15) is 14.9 Å². The molecule has 1 heterocycles. The third-order valence-corrected chi connectivity index (χ3v) is 2.65. The predicted molar refractivity (Wildman–Crippen MR) is 67.5 cm³/mol. The highest BCUT2D eigenvalue weighted by Gasteiger charge is 2.17. The van der Waals surface area contributed by atoms with E-state index in [0.717, 1.165) is 0 Å². The molecule has 0 N–H and O–H groups in total. The minimum atomic E-state index is -0.728. The van der Waals surface area contributed by atoms with E-state index in [4.69, 9.17) is 20.8 Å². The Morgan fingerprint density at radius 2 is 2.11 bits per heavy atom. The molecule has 2 rings (SSSR count). The molecule has 0 aliphatic carbocycles. The molecule has 19 heavy (non-hydrogen) atoms. The van der Waals surface area contributed by atoms with Crippen molar-refractivity contribution in [3.63, 3.8) is 0 Å². The van der Waals surface area contributed by atoms with Crippen molar-refractivity contribution in [2.45, 2.75) is 0 Å². The summed E-state index contributed by atoms with van der Waals surface area (Å²) in [5.74, 6) is 0.443. The topological polar surface area (TPSA) is 82.6 Å². The minimum Gasteiger partial charge on any atom is -0.490 e. The first-order chi connectivity index (χ1) is 9.02. The quantitative estimate of drug-likeness (QED) is 0.488. The van der Waals surface area contributed by atoms with Gasteiger partial charge in [0.05, 0.1) is 12.0 Å². The van der Waals surface area contributed by atoms with Crippen LogP contribution in [-0.4, -0.2) is 17.3 Å². The zero-order chi connectivity index (χ0) is 14.0. The molecular formula is C12H8ClNO5. The van der Waals surface area contributed by atoms with Gasteiger partial charge in [-0.15, -0.1) is 0 Å². The summed E-state index contributed by atoms with van der Waals surface area (Å²) in [5.41, 5.74) is 0.270. The van der Waals surface area contributed by atoms with Gasteiger partial charge < -0.3 is 9.15 Å². The van der Waals surface area contributed by atoms with Crippen LogP contribution in [0, 0.1) is 10.1 Å². The van der Waals surface area contributed by atoms with Crippen molar-refractivity contribution in [1.29, 1.82) is 0 Å². The number of rotatable bonds is 4. The van der Waals surface area contributed by atoms with Crippen molar-refractivity contribution in [2.24, 2.45) is 0 Å². The Bertz CT molecular complexity index is 649. The highest BCUT2D eigenvalue weighted by atomic mass is 35.5. The van der Waals surface area contributed by atoms with Gasteiger partial charge in [0.25, 0.3) is 5.24 Å². The van der Waals surface area contributed by atoms with Crippen LogP contribution in [0.1, 0.15) is 10.6 Å². The van der Waals surface area contributed by atoms with Crippen LogP contribution in [-0.2, 0) is 0 Å². The van der Waals surface area contributed by atoms with E-state index in [1.807, 2.05) is 0 Å². The van der Waals surface area contributed by atoms with Crippen molar-refractivity contribution in [3.8, 4) is 17.1 Å². The number of nitrogens with zero attached hydrogens (tertiary/aromatic N) is 1. The zero-order valence-corrected chi connectivity index (χ0v) is 10.5. The summed E-state index contributed by atoms with van der Waals surface area (Å²) >= 11 is 5.27. The molecule has 0 aliphatic rings. The zero-order valence-electron chi connectivity index (χ0n) is 9.75. The third kappa shape index (κ3) is 2.58. The van der Waals surface area contributed by atoms with E-state index in [-0.39, 0.29) is 17.2 Å². The smallest absolute Gasteiger partial charge is 0.311 e. The van der Waals surface area contributed by atoms with Gasteiger partial charge in [-0.25, -0.2) is 0 Å². The fourth-order valence-corrected chi connectivity index (χ4v) is 1.69. The number of nitro benzene ring substituents is 1. The molecular weight excluding hydrogens is 274 g/mol. The van der Waals surface area contributed by atoms with Crippen LogP contribution in [0.4, 0.5) is 5.69 Å². The summed E-state index contributed by atoms with van der Waals surface area (Å²) in [4.78, 5) is 21.2. The average molecular weight is 282 g/mol. The van der Waals surface area contributed by atoms with Gasteiger partial charge in [-0.2, -0.15) is 0 Å². The molecule has 7 heteroatoms. The van der Waals surface area contributed by atoms with E-state index < -0.39 is 10.2 Å². The first-order valence-electron chi connectivity index (χ1n) is 5.15. The van der Waals surface area contributed by atoms with E-state index in [1.54, 1.807) is 6.07 Å². The van der Waals surface area contributed by atoms with Crippen molar-refractivity contribution in [2.75, 3.05) is 7.11 Å². The van der Waals surface area contributed by atoms with Crippen molar-refractivity contribution >= 4 is 22.5 Å². The van der Waals surface area contributed by atoms with Gasteiger partial charge in [-0.3, -0.25) is 14.9 Å². The number of methoxy groups -OCH3 is 1. The number of carbonyl (C=O) groups is 1. The molecule has 0 atom stereocenters. The van der Waals surface area contributed by atoms with Crippen LogP contribution in [0.15, 0.2) is 34.7 Å². The molecule has 98 valence electrons. The molecule has 0 saturated heterocycles. The maximum Gasteiger partial charge on any atom is 0.311 e. The van der Waals surface area contributed by atoms with Crippen LogP contribution in [0.5, 0.6) is 5.75 Å². The molecule has 0 unspecified atom stereocenters. The minimum absolute atomic E-state index is 0.0184. The molecule has 0 spiro atoms. The molecule has 0 radical (unpaired) electrons. The van der Waals surface area contributed by atoms with Gasteiger partial charge in [-0.05, 0) is 35.9 Å². The lowest BCUT2D eigenvalue weighted by atomic mass is 10.1. The van der Waals surface area contributed by atoms with Crippen molar-refractivity contribution in [1.82, 2.24) is 0 Å².